The van der Waals surface area contributed by atoms with Crippen LogP contribution in [-0.2, 0) is 13.0 Å². The van der Waals surface area contributed by atoms with Gasteiger partial charge in [-0.25, -0.2) is 4.39 Å². The molecule has 0 radical (unpaired) electrons. The minimum Gasteiger partial charge on any atom is -0.294 e. The van der Waals surface area contributed by atoms with Crippen molar-refractivity contribution in [3.05, 3.63) is 53.1 Å². The highest BCUT2D eigenvalue weighted by molar-refractivity contribution is 5.97. The van der Waals surface area contributed by atoms with E-state index in [-0.39, 0.29) is 11.6 Å². The maximum absolute atomic E-state index is 12.8. The molecule has 0 unspecified atom stereocenters. The number of fused-ring (bicyclic) bond motifs is 1. The summed E-state index contributed by atoms with van der Waals surface area (Å²) >= 11 is 0. The van der Waals surface area contributed by atoms with E-state index in [2.05, 4.69) is 5.10 Å². The van der Waals surface area contributed by atoms with E-state index < -0.39 is 0 Å². The Morgan fingerprint density at radius 1 is 1.22 bits per heavy atom. The predicted octanol–water partition coefficient (Wildman–Crippen LogP) is 2.59. The van der Waals surface area contributed by atoms with Crippen molar-refractivity contribution in [3.8, 4) is 0 Å². The average molecular weight is 244 g/mol. The van der Waals surface area contributed by atoms with Crippen molar-refractivity contribution in [1.82, 2.24) is 9.78 Å². The third-order valence-corrected chi connectivity index (χ3v) is 3.31. The molecule has 1 heterocycles. The van der Waals surface area contributed by atoms with E-state index in [1.165, 1.54) is 12.1 Å². The van der Waals surface area contributed by atoms with E-state index in [0.717, 1.165) is 29.7 Å². The number of aromatic nitrogens is 2. The first-order valence-corrected chi connectivity index (χ1v) is 6.06. The van der Waals surface area contributed by atoms with Crippen LogP contribution in [0.25, 0.3) is 0 Å². The Morgan fingerprint density at radius 2 is 2.00 bits per heavy atom. The first-order chi connectivity index (χ1) is 8.74. The highest BCUT2D eigenvalue weighted by atomic mass is 19.1. The van der Waals surface area contributed by atoms with Gasteiger partial charge >= 0.3 is 0 Å². The molecule has 1 aliphatic carbocycles. The summed E-state index contributed by atoms with van der Waals surface area (Å²) in [6.07, 6.45) is 4.05. The Morgan fingerprint density at radius 3 is 2.78 bits per heavy atom. The van der Waals surface area contributed by atoms with Crippen LogP contribution in [0.15, 0.2) is 30.5 Å². The number of rotatable bonds is 2. The quantitative estimate of drug-likeness (QED) is 0.813. The van der Waals surface area contributed by atoms with Gasteiger partial charge in [-0.3, -0.25) is 9.48 Å². The molecule has 0 fully saturated rings. The van der Waals surface area contributed by atoms with Gasteiger partial charge in [-0.05, 0) is 30.5 Å². The van der Waals surface area contributed by atoms with E-state index in [4.69, 9.17) is 0 Å². The molecular weight excluding hydrogens is 231 g/mol. The van der Waals surface area contributed by atoms with Crippen LogP contribution in [0.3, 0.4) is 0 Å². The number of benzene rings is 1. The molecule has 3 rings (SSSR count). The molecule has 0 saturated carbocycles. The molecule has 0 spiro atoms. The fourth-order valence-corrected chi connectivity index (χ4v) is 2.36. The molecule has 1 aromatic carbocycles. The van der Waals surface area contributed by atoms with Crippen molar-refractivity contribution in [2.24, 2.45) is 0 Å². The third-order valence-electron chi connectivity index (χ3n) is 3.31. The highest BCUT2D eigenvalue weighted by Gasteiger charge is 2.21. The summed E-state index contributed by atoms with van der Waals surface area (Å²) in [4.78, 5) is 11.7. The van der Waals surface area contributed by atoms with Crippen LogP contribution >= 0.6 is 0 Å². The zero-order valence-corrected chi connectivity index (χ0v) is 9.90. The van der Waals surface area contributed by atoms with E-state index in [0.29, 0.717) is 13.0 Å². The maximum atomic E-state index is 12.8. The van der Waals surface area contributed by atoms with E-state index in [9.17, 15) is 9.18 Å². The summed E-state index contributed by atoms with van der Waals surface area (Å²) in [7, 11) is 0. The maximum Gasteiger partial charge on any atom is 0.166 e. The summed E-state index contributed by atoms with van der Waals surface area (Å²) in [5.74, 6) is -0.0574. The number of hydrogen-bond acceptors (Lipinski definition) is 2. The summed E-state index contributed by atoms with van der Waals surface area (Å²) < 4.78 is 14.7. The molecular formula is C14H13FN2O. The second-order valence-corrected chi connectivity index (χ2v) is 4.57. The molecule has 1 aliphatic rings. The number of ketones is 1. The molecule has 18 heavy (non-hydrogen) atoms. The minimum atomic E-state index is -0.239. The van der Waals surface area contributed by atoms with E-state index >= 15 is 0 Å². The molecule has 0 amide bonds. The van der Waals surface area contributed by atoms with Crippen LogP contribution in [-0.4, -0.2) is 15.6 Å². The summed E-state index contributed by atoms with van der Waals surface area (Å²) in [5, 5.41) is 4.27. The van der Waals surface area contributed by atoms with Crippen molar-refractivity contribution in [1.29, 1.82) is 0 Å². The highest BCUT2D eigenvalue weighted by Crippen LogP contribution is 2.21. The van der Waals surface area contributed by atoms with Crippen LogP contribution < -0.4 is 0 Å². The second-order valence-electron chi connectivity index (χ2n) is 4.57. The topological polar surface area (TPSA) is 34.9 Å². The lowest BCUT2D eigenvalue weighted by Gasteiger charge is -2.13. The molecule has 0 atom stereocenters. The van der Waals surface area contributed by atoms with Crippen molar-refractivity contribution < 1.29 is 9.18 Å². The summed E-state index contributed by atoms with van der Waals surface area (Å²) in [6.45, 7) is 0.586. The fourth-order valence-electron chi connectivity index (χ4n) is 2.36. The van der Waals surface area contributed by atoms with Gasteiger partial charge < -0.3 is 0 Å². The van der Waals surface area contributed by atoms with Crippen molar-refractivity contribution in [2.45, 2.75) is 25.8 Å². The number of hydrogen-bond donors (Lipinski definition) is 0. The Bertz CT molecular complexity index is 586. The number of carbonyl (C=O) groups is 1. The zero-order chi connectivity index (χ0) is 12.5. The lowest BCUT2D eigenvalue weighted by atomic mass is 9.97. The SMILES string of the molecule is O=C1CCCc2c1cnn2Cc1ccc(F)cc1. The Labute approximate surface area is 104 Å². The Kier molecular flexibility index (Phi) is 2.70. The lowest BCUT2D eigenvalue weighted by molar-refractivity contribution is 0.0972. The van der Waals surface area contributed by atoms with Crippen molar-refractivity contribution in [3.63, 3.8) is 0 Å². The van der Waals surface area contributed by atoms with Gasteiger partial charge in [0.1, 0.15) is 5.82 Å². The molecule has 4 heteroatoms. The summed E-state index contributed by atoms with van der Waals surface area (Å²) in [6, 6.07) is 6.37. The first-order valence-electron chi connectivity index (χ1n) is 6.06. The summed E-state index contributed by atoms with van der Waals surface area (Å²) in [5.41, 5.74) is 2.75. The van der Waals surface area contributed by atoms with Crippen molar-refractivity contribution in [2.75, 3.05) is 0 Å². The monoisotopic (exact) mass is 244 g/mol. The fraction of sp³-hybridized carbons (Fsp3) is 0.286. The largest absolute Gasteiger partial charge is 0.294 e. The second kappa shape index (κ2) is 4.37. The average Bonchev–Trinajstić information content (AvgIpc) is 2.77. The van der Waals surface area contributed by atoms with Gasteiger partial charge in [-0.2, -0.15) is 5.10 Å². The lowest BCUT2D eigenvalue weighted by Crippen LogP contribution is -2.14. The van der Waals surface area contributed by atoms with Gasteiger partial charge in [0.15, 0.2) is 5.78 Å². The molecule has 2 aromatic rings. The van der Waals surface area contributed by atoms with Crippen LogP contribution in [0, 0.1) is 5.82 Å². The van der Waals surface area contributed by atoms with Crippen LogP contribution in [0.4, 0.5) is 4.39 Å². The molecule has 0 saturated heterocycles. The predicted molar refractivity (Wildman–Crippen MR) is 65.0 cm³/mol. The Balaban J connectivity index is 1.89. The van der Waals surface area contributed by atoms with E-state index in [1.807, 2.05) is 4.68 Å². The van der Waals surface area contributed by atoms with Gasteiger partial charge in [-0.1, -0.05) is 12.1 Å². The van der Waals surface area contributed by atoms with Gasteiger partial charge in [0.05, 0.1) is 18.3 Å². The standard InChI is InChI=1S/C14H13FN2O/c15-11-6-4-10(5-7-11)9-17-13-2-1-3-14(18)12(13)8-16-17/h4-8H,1-3,9H2. The van der Waals surface area contributed by atoms with Gasteiger partial charge in [-0.15, -0.1) is 0 Å². The zero-order valence-electron chi connectivity index (χ0n) is 9.90. The number of nitrogens with zero attached hydrogens (tertiary/aromatic N) is 2. The number of Topliss-reactive ketones (excluding diaryl/α,β-unsaturated/α-hetero) is 1. The Hall–Kier alpha value is -1.97. The molecule has 1 aromatic heterocycles. The minimum absolute atomic E-state index is 0.182. The van der Waals surface area contributed by atoms with Gasteiger partial charge in [0.25, 0.3) is 0 Å². The van der Waals surface area contributed by atoms with Crippen LogP contribution in [0.1, 0.15) is 34.5 Å². The van der Waals surface area contributed by atoms with Crippen molar-refractivity contribution >= 4 is 5.78 Å². The first kappa shape index (κ1) is 11.1. The normalized spacial score (nSPS) is 14.6. The smallest absolute Gasteiger partial charge is 0.166 e. The van der Waals surface area contributed by atoms with Gasteiger partial charge in [0.2, 0.25) is 0 Å². The van der Waals surface area contributed by atoms with Crippen LogP contribution in [0.5, 0.6) is 0 Å². The third kappa shape index (κ3) is 1.94. The number of halogens is 1. The molecule has 3 nitrogen and oxygen atoms in total. The molecule has 0 N–H and O–H groups in total. The van der Waals surface area contributed by atoms with Gasteiger partial charge in [0, 0.05) is 12.1 Å². The molecule has 0 bridgehead atoms. The van der Waals surface area contributed by atoms with Crippen LogP contribution in [0.2, 0.25) is 0 Å². The molecule has 92 valence electrons. The van der Waals surface area contributed by atoms with E-state index in [1.54, 1.807) is 18.3 Å². The molecule has 0 aliphatic heterocycles. The number of carbonyl (C=O) groups excluding carboxylic acids is 1.